The van der Waals surface area contributed by atoms with Crippen LogP contribution in [0.2, 0.25) is 10.0 Å². The fourth-order valence-corrected chi connectivity index (χ4v) is 2.94. The van der Waals surface area contributed by atoms with E-state index < -0.39 is 11.8 Å². The average molecular weight is 383 g/mol. The van der Waals surface area contributed by atoms with Crippen LogP contribution in [0.4, 0.5) is 5.69 Å². The van der Waals surface area contributed by atoms with Crippen molar-refractivity contribution >= 4 is 57.9 Å². The zero-order valence-corrected chi connectivity index (χ0v) is 14.6. The topological polar surface area (TPSA) is 46.6 Å². The van der Waals surface area contributed by atoms with Crippen molar-refractivity contribution in [3.05, 3.63) is 63.1 Å². The Morgan fingerprint density at radius 3 is 2.12 bits per heavy atom. The summed E-state index contributed by atoms with van der Waals surface area (Å²) in [5.74, 6) is -0.493. The number of benzene rings is 2. The number of halogens is 3. The molecular weight excluding hydrogens is 373 g/mol. The van der Waals surface area contributed by atoms with Gasteiger partial charge in [0, 0.05) is 0 Å². The number of rotatable bonds is 3. The maximum atomic E-state index is 12.7. The Morgan fingerprint density at radius 2 is 1.54 bits per heavy atom. The Balaban J connectivity index is 2.02. The molecule has 0 saturated heterocycles. The number of carbonyl (C=O) groups excluding carboxylic acids is 2. The molecule has 0 atom stereocenters. The fraction of sp³-hybridized carbons (Fsp3) is 0.0588. The molecule has 3 rings (SSSR count). The molecule has 0 radical (unpaired) electrons. The SMILES string of the molecule is COc1ccc(C2=C(Cl)C(=O)N(c3ccc(Cl)c(Cl)c3)C2=O)cc1. The summed E-state index contributed by atoms with van der Waals surface area (Å²) in [6.07, 6.45) is 0. The number of methoxy groups -OCH3 is 1. The Kier molecular flexibility index (Phi) is 4.54. The molecule has 4 nitrogen and oxygen atoms in total. The van der Waals surface area contributed by atoms with Crippen LogP contribution in [-0.4, -0.2) is 18.9 Å². The van der Waals surface area contributed by atoms with Gasteiger partial charge in [-0.3, -0.25) is 9.59 Å². The highest BCUT2D eigenvalue weighted by atomic mass is 35.5. The molecule has 0 aliphatic carbocycles. The lowest BCUT2D eigenvalue weighted by molar-refractivity contribution is -0.119. The van der Waals surface area contributed by atoms with Crippen molar-refractivity contribution in [2.45, 2.75) is 0 Å². The Morgan fingerprint density at radius 1 is 0.875 bits per heavy atom. The second-order valence-electron chi connectivity index (χ2n) is 4.96. The van der Waals surface area contributed by atoms with E-state index in [1.807, 2.05) is 0 Å². The van der Waals surface area contributed by atoms with Crippen LogP contribution in [0.1, 0.15) is 5.56 Å². The van der Waals surface area contributed by atoms with Gasteiger partial charge in [0.2, 0.25) is 0 Å². The predicted octanol–water partition coefficient (Wildman–Crippen LogP) is 4.53. The molecule has 0 bridgehead atoms. The molecule has 0 unspecified atom stereocenters. The fourth-order valence-electron chi connectivity index (χ4n) is 2.37. The lowest BCUT2D eigenvalue weighted by Crippen LogP contribution is -2.31. The zero-order valence-electron chi connectivity index (χ0n) is 12.3. The first kappa shape index (κ1) is 16.8. The average Bonchev–Trinajstić information content (AvgIpc) is 2.80. The van der Waals surface area contributed by atoms with Gasteiger partial charge >= 0.3 is 0 Å². The van der Waals surface area contributed by atoms with Crippen LogP contribution in [0.5, 0.6) is 5.75 Å². The first-order chi connectivity index (χ1) is 11.4. The van der Waals surface area contributed by atoms with E-state index in [1.165, 1.54) is 25.3 Å². The molecule has 0 spiro atoms. The molecule has 2 aromatic rings. The molecule has 2 amide bonds. The Bertz CT molecular complexity index is 875. The van der Waals surface area contributed by atoms with Gasteiger partial charge in [-0.05, 0) is 35.9 Å². The highest BCUT2D eigenvalue weighted by molar-refractivity contribution is 6.60. The molecule has 0 fully saturated rings. The van der Waals surface area contributed by atoms with Crippen LogP contribution in [0, 0.1) is 0 Å². The molecule has 7 heteroatoms. The van der Waals surface area contributed by atoms with Crippen molar-refractivity contribution in [2.75, 3.05) is 12.0 Å². The van der Waals surface area contributed by atoms with Crippen LogP contribution < -0.4 is 9.64 Å². The minimum Gasteiger partial charge on any atom is -0.497 e. The molecule has 0 saturated carbocycles. The van der Waals surface area contributed by atoms with E-state index in [0.717, 1.165) is 4.90 Å². The van der Waals surface area contributed by atoms with Crippen molar-refractivity contribution in [3.63, 3.8) is 0 Å². The molecule has 24 heavy (non-hydrogen) atoms. The van der Waals surface area contributed by atoms with Crippen molar-refractivity contribution in [3.8, 4) is 5.75 Å². The molecular formula is C17H10Cl3NO3. The maximum Gasteiger partial charge on any atom is 0.277 e. The normalized spacial score (nSPS) is 14.6. The first-order valence-corrected chi connectivity index (χ1v) is 7.95. The number of amides is 2. The third kappa shape index (κ3) is 2.77. The van der Waals surface area contributed by atoms with Crippen LogP contribution >= 0.6 is 34.8 Å². The Hall–Kier alpha value is -2.01. The van der Waals surface area contributed by atoms with E-state index in [4.69, 9.17) is 39.5 Å². The minimum atomic E-state index is -0.606. The first-order valence-electron chi connectivity index (χ1n) is 6.82. The van der Waals surface area contributed by atoms with Crippen molar-refractivity contribution in [1.29, 1.82) is 0 Å². The lowest BCUT2D eigenvalue weighted by Gasteiger charge is -2.15. The summed E-state index contributed by atoms with van der Waals surface area (Å²) in [4.78, 5) is 26.1. The van der Waals surface area contributed by atoms with Gasteiger partial charge in [0.1, 0.15) is 10.8 Å². The predicted molar refractivity (Wildman–Crippen MR) is 94.7 cm³/mol. The number of hydrogen-bond donors (Lipinski definition) is 0. The summed E-state index contributed by atoms with van der Waals surface area (Å²) in [6, 6.07) is 11.2. The van der Waals surface area contributed by atoms with Crippen molar-refractivity contribution in [2.24, 2.45) is 0 Å². The van der Waals surface area contributed by atoms with Crippen LogP contribution in [0.25, 0.3) is 5.57 Å². The molecule has 0 aromatic heterocycles. The third-order valence-corrected chi connectivity index (χ3v) is 4.66. The van der Waals surface area contributed by atoms with Gasteiger partial charge in [0.15, 0.2) is 0 Å². The van der Waals surface area contributed by atoms with E-state index in [0.29, 0.717) is 22.0 Å². The van der Waals surface area contributed by atoms with E-state index in [9.17, 15) is 9.59 Å². The second kappa shape index (κ2) is 6.48. The van der Waals surface area contributed by atoms with Gasteiger partial charge in [0.25, 0.3) is 11.8 Å². The quantitative estimate of drug-likeness (QED) is 0.733. The molecule has 1 aliphatic heterocycles. The number of imide groups is 1. The smallest absolute Gasteiger partial charge is 0.277 e. The summed E-state index contributed by atoms with van der Waals surface area (Å²) in [7, 11) is 1.54. The van der Waals surface area contributed by atoms with Crippen molar-refractivity contribution < 1.29 is 14.3 Å². The van der Waals surface area contributed by atoms with Crippen LogP contribution in [-0.2, 0) is 9.59 Å². The number of hydrogen-bond acceptors (Lipinski definition) is 3. The number of nitrogens with zero attached hydrogens (tertiary/aromatic N) is 1. The second-order valence-corrected chi connectivity index (χ2v) is 6.15. The lowest BCUT2D eigenvalue weighted by atomic mass is 10.1. The molecule has 1 aliphatic rings. The number of ether oxygens (including phenoxy) is 1. The van der Waals surface area contributed by atoms with E-state index >= 15 is 0 Å². The highest BCUT2D eigenvalue weighted by Gasteiger charge is 2.39. The summed E-state index contributed by atoms with van der Waals surface area (Å²) < 4.78 is 5.08. The largest absolute Gasteiger partial charge is 0.497 e. The summed E-state index contributed by atoms with van der Waals surface area (Å²) in [5.41, 5.74) is 0.971. The van der Waals surface area contributed by atoms with Gasteiger partial charge in [0.05, 0.1) is 28.4 Å². The monoisotopic (exact) mass is 381 g/mol. The van der Waals surface area contributed by atoms with Crippen LogP contribution in [0.3, 0.4) is 0 Å². The molecule has 2 aromatic carbocycles. The highest BCUT2D eigenvalue weighted by Crippen LogP contribution is 2.37. The number of anilines is 1. The van der Waals surface area contributed by atoms with E-state index in [1.54, 1.807) is 24.3 Å². The zero-order chi connectivity index (χ0) is 17.4. The van der Waals surface area contributed by atoms with Crippen molar-refractivity contribution in [1.82, 2.24) is 0 Å². The Labute approximate surface area is 153 Å². The summed E-state index contributed by atoms with van der Waals surface area (Å²) in [6.45, 7) is 0. The number of carbonyl (C=O) groups is 2. The van der Waals surface area contributed by atoms with Crippen LogP contribution in [0.15, 0.2) is 47.5 Å². The van der Waals surface area contributed by atoms with Gasteiger partial charge in [-0.15, -0.1) is 0 Å². The standard InChI is InChI=1S/C17H10Cl3NO3/c1-24-11-5-2-9(3-6-11)14-15(20)17(23)21(16(14)22)10-4-7-12(18)13(19)8-10/h2-8H,1H3. The third-order valence-electron chi connectivity index (χ3n) is 3.57. The van der Waals surface area contributed by atoms with Gasteiger partial charge in [-0.2, -0.15) is 0 Å². The van der Waals surface area contributed by atoms with E-state index in [-0.39, 0.29) is 15.6 Å². The van der Waals surface area contributed by atoms with Gasteiger partial charge < -0.3 is 4.74 Å². The molecule has 0 N–H and O–H groups in total. The van der Waals surface area contributed by atoms with E-state index in [2.05, 4.69) is 0 Å². The summed E-state index contributed by atoms with van der Waals surface area (Å²) in [5, 5.41) is 0.425. The molecule has 122 valence electrons. The van der Waals surface area contributed by atoms with Gasteiger partial charge in [-0.25, -0.2) is 4.90 Å². The van der Waals surface area contributed by atoms with Gasteiger partial charge in [-0.1, -0.05) is 46.9 Å². The summed E-state index contributed by atoms with van der Waals surface area (Å²) >= 11 is 18.0. The molecule has 1 heterocycles. The minimum absolute atomic E-state index is 0.135. The maximum absolute atomic E-state index is 12.7.